The van der Waals surface area contributed by atoms with E-state index in [9.17, 15) is 0 Å². The van der Waals surface area contributed by atoms with E-state index >= 15 is 0 Å². The van der Waals surface area contributed by atoms with Gasteiger partial charge in [-0.1, -0.05) is 11.6 Å². The summed E-state index contributed by atoms with van der Waals surface area (Å²) >= 11 is 5.99. The number of halogens is 1. The third kappa shape index (κ3) is 2.10. The van der Waals surface area contributed by atoms with Gasteiger partial charge in [0.15, 0.2) is 11.0 Å². The molecule has 0 unspecified atom stereocenters. The third-order valence-corrected chi connectivity index (χ3v) is 3.19. The summed E-state index contributed by atoms with van der Waals surface area (Å²) in [6.07, 6.45) is 0. The van der Waals surface area contributed by atoms with Crippen LogP contribution in [0.25, 0.3) is 11.0 Å². The summed E-state index contributed by atoms with van der Waals surface area (Å²) < 4.78 is 9.90. The number of hydrogen-bond donors (Lipinski definition) is 2. The van der Waals surface area contributed by atoms with E-state index in [2.05, 4.69) is 15.6 Å². The maximum Gasteiger partial charge on any atom is 0.160 e. The molecule has 0 saturated carbocycles. The molecule has 0 aliphatic carbocycles. The van der Waals surface area contributed by atoms with E-state index < -0.39 is 0 Å². The van der Waals surface area contributed by atoms with Crippen molar-refractivity contribution in [2.75, 3.05) is 18.2 Å². The van der Waals surface area contributed by atoms with Crippen LogP contribution in [0.1, 0.15) is 0 Å². The molecule has 20 heavy (non-hydrogen) atoms. The van der Waals surface area contributed by atoms with Crippen LogP contribution in [-0.2, 0) is 0 Å². The Morgan fingerprint density at radius 2 is 2.00 bits per heavy atom. The first-order valence-corrected chi connectivity index (χ1v) is 6.18. The number of rotatable bonds is 3. The van der Waals surface area contributed by atoms with Crippen molar-refractivity contribution in [3.63, 3.8) is 0 Å². The van der Waals surface area contributed by atoms with Crippen LogP contribution in [-0.4, -0.2) is 17.4 Å². The Kier molecular flexibility index (Phi) is 3.08. The van der Waals surface area contributed by atoms with Crippen LogP contribution in [0.3, 0.4) is 0 Å². The average Bonchev–Trinajstić information content (AvgIpc) is 2.94. The first kappa shape index (κ1) is 12.6. The number of methoxy groups -OCH3 is 1. The zero-order valence-electron chi connectivity index (χ0n) is 10.6. The predicted octanol–water partition coefficient (Wildman–Crippen LogP) is 3.21. The number of aromatic nitrogens is 2. The second-order valence-electron chi connectivity index (χ2n) is 4.14. The molecule has 0 radical (unpaired) electrons. The Balaban J connectivity index is 2.01. The quantitative estimate of drug-likeness (QED) is 0.720. The minimum atomic E-state index is 0.514. The largest absolute Gasteiger partial charge is 0.495 e. The molecule has 0 amide bonds. The lowest BCUT2D eigenvalue weighted by atomic mass is 10.2. The van der Waals surface area contributed by atoms with Crippen LogP contribution in [0.4, 0.5) is 17.1 Å². The second kappa shape index (κ2) is 4.90. The number of benzene rings is 2. The molecule has 102 valence electrons. The van der Waals surface area contributed by atoms with E-state index in [0.717, 1.165) is 11.4 Å². The van der Waals surface area contributed by atoms with Crippen LogP contribution in [0.15, 0.2) is 35.0 Å². The average molecular weight is 291 g/mol. The monoisotopic (exact) mass is 290 g/mol. The number of fused-ring (bicyclic) bond motifs is 1. The molecule has 0 fully saturated rings. The lowest BCUT2D eigenvalue weighted by molar-refractivity contribution is 0.316. The summed E-state index contributed by atoms with van der Waals surface area (Å²) in [5, 5.41) is 11.4. The number of ether oxygens (including phenoxy) is 1. The second-order valence-corrected chi connectivity index (χ2v) is 4.55. The SMILES string of the molecule is COc1cc(Nc2ccc(N)c3nonc23)ccc1Cl. The molecule has 3 aromatic rings. The normalized spacial score (nSPS) is 10.7. The van der Waals surface area contributed by atoms with Gasteiger partial charge < -0.3 is 15.8 Å². The van der Waals surface area contributed by atoms with E-state index in [1.165, 1.54) is 0 Å². The zero-order chi connectivity index (χ0) is 14.1. The van der Waals surface area contributed by atoms with Crippen LogP contribution in [0, 0.1) is 0 Å². The fourth-order valence-electron chi connectivity index (χ4n) is 1.88. The molecule has 1 aromatic heterocycles. The Bertz CT molecular complexity index is 772. The van der Waals surface area contributed by atoms with E-state index in [0.29, 0.717) is 27.5 Å². The minimum Gasteiger partial charge on any atom is -0.495 e. The fraction of sp³-hybridized carbons (Fsp3) is 0.0769. The summed E-state index contributed by atoms with van der Waals surface area (Å²) in [7, 11) is 1.56. The molecule has 1 heterocycles. The van der Waals surface area contributed by atoms with Crippen molar-refractivity contribution in [1.82, 2.24) is 10.3 Å². The predicted molar refractivity (Wildman–Crippen MR) is 77.5 cm³/mol. The first-order chi connectivity index (χ1) is 9.69. The molecule has 6 nitrogen and oxygen atoms in total. The standard InChI is InChI=1S/C13H11ClN4O2/c1-19-11-6-7(2-3-8(11)14)16-10-5-4-9(15)12-13(10)18-20-17-12/h2-6,16H,15H2,1H3. The number of nitrogens with two attached hydrogens (primary N) is 1. The zero-order valence-corrected chi connectivity index (χ0v) is 11.3. The van der Waals surface area contributed by atoms with Crippen molar-refractivity contribution < 1.29 is 9.37 Å². The van der Waals surface area contributed by atoms with Crippen LogP contribution in [0.2, 0.25) is 5.02 Å². The Morgan fingerprint density at radius 3 is 2.80 bits per heavy atom. The van der Waals surface area contributed by atoms with Crippen LogP contribution >= 0.6 is 11.6 Å². The highest BCUT2D eigenvalue weighted by atomic mass is 35.5. The molecule has 0 saturated heterocycles. The van der Waals surface area contributed by atoms with Crippen LogP contribution < -0.4 is 15.8 Å². The van der Waals surface area contributed by atoms with Gasteiger partial charge in [0.05, 0.1) is 23.5 Å². The summed E-state index contributed by atoms with van der Waals surface area (Å²) in [5.74, 6) is 0.585. The number of nitrogen functional groups attached to an aromatic ring is 1. The number of anilines is 3. The number of hydrogen-bond acceptors (Lipinski definition) is 6. The Labute approximate surface area is 119 Å². The maximum absolute atomic E-state index is 5.99. The van der Waals surface area contributed by atoms with Gasteiger partial charge in [0.2, 0.25) is 0 Å². The van der Waals surface area contributed by atoms with Crippen molar-refractivity contribution in [3.05, 3.63) is 35.4 Å². The highest BCUT2D eigenvalue weighted by Gasteiger charge is 2.11. The van der Waals surface area contributed by atoms with Gasteiger partial charge in [-0.3, -0.25) is 0 Å². The molecule has 3 rings (SSSR count). The van der Waals surface area contributed by atoms with Crippen LogP contribution in [0.5, 0.6) is 5.75 Å². The van der Waals surface area contributed by atoms with Gasteiger partial charge in [-0.2, -0.15) is 0 Å². The van der Waals surface area contributed by atoms with Gasteiger partial charge in [-0.15, -0.1) is 0 Å². The lowest BCUT2D eigenvalue weighted by Gasteiger charge is -2.09. The van der Waals surface area contributed by atoms with Gasteiger partial charge >= 0.3 is 0 Å². The van der Waals surface area contributed by atoms with Crippen molar-refractivity contribution in [3.8, 4) is 5.75 Å². The van der Waals surface area contributed by atoms with Crippen molar-refractivity contribution >= 4 is 39.7 Å². The third-order valence-electron chi connectivity index (χ3n) is 2.88. The van der Waals surface area contributed by atoms with E-state index in [-0.39, 0.29) is 0 Å². The minimum absolute atomic E-state index is 0.514. The van der Waals surface area contributed by atoms with Gasteiger partial charge in [-0.25, -0.2) is 4.63 Å². The summed E-state index contributed by atoms with van der Waals surface area (Å²) in [4.78, 5) is 0. The molecule has 0 spiro atoms. The molecule has 2 aromatic carbocycles. The van der Waals surface area contributed by atoms with E-state index in [1.807, 2.05) is 12.1 Å². The Morgan fingerprint density at radius 1 is 1.20 bits per heavy atom. The van der Waals surface area contributed by atoms with Gasteiger partial charge in [-0.05, 0) is 34.6 Å². The summed E-state index contributed by atoms with van der Waals surface area (Å²) in [5.41, 5.74) is 8.95. The Hall–Kier alpha value is -2.47. The van der Waals surface area contributed by atoms with Gasteiger partial charge in [0, 0.05) is 11.8 Å². The van der Waals surface area contributed by atoms with Gasteiger partial charge in [0.1, 0.15) is 5.75 Å². The highest BCUT2D eigenvalue weighted by Crippen LogP contribution is 2.31. The fourth-order valence-corrected chi connectivity index (χ4v) is 2.07. The molecule has 0 bridgehead atoms. The first-order valence-electron chi connectivity index (χ1n) is 5.80. The lowest BCUT2D eigenvalue weighted by Crippen LogP contribution is -1.95. The van der Waals surface area contributed by atoms with Crippen molar-refractivity contribution in [2.45, 2.75) is 0 Å². The van der Waals surface area contributed by atoms with Gasteiger partial charge in [0.25, 0.3) is 0 Å². The molecular weight excluding hydrogens is 280 g/mol. The maximum atomic E-state index is 5.99. The molecule has 0 atom stereocenters. The molecule has 0 aliphatic heterocycles. The molecule has 0 aliphatic rings. The van der Waals surface area contributed by atoms with Crippen molar-refractivity contribution in [2.24, 2.45) is 0 Å². The highest BCUT2D eigenvalue weighted by molar-refractivity contribution is 6.32. The topological polar surface area (TPSA) is 86.2 Å². The number of nitrogens with one attached hydrogen (secondary N) is 1. The molecular formula is C13H11ClN4O2. The van der Waals surface area contributed by atoms with E-state index in [1.54, 1.807) is 25.3 Å². The van der Waals surface area contributed by atoms with E-state index in [4.69, 9.17) is 26.7 Å². The summed E-state index contributed by atoms with van der Waals surface area (Å²) in [6, 6.07) is 8.92. The molecule has 3 N–H and O–H groups in total. The summed E-state index contributed by atoms with van der Waals surface area (Å²) in [6.45, 7) is 0. The van der Waals surface area contributed by atoms with Crippen molar-refractivity contribution in [1.29, 1.82) is 0 Å². The molecule has 7 heteroatoms. The number of nitrogens with zero attached hydrogens (tertiary/aromatic N) is 2. The smallest absolute Gasteiger partial charge is 0.160 e.